The van der Waals surface area contributed by atoms with Gasteiger partial charge in [-0.05, 0) is 31.2 Å². The maximum absolute atomic E-state index is 14.0. The van der Waals surface area contributed by atoms with E-state index < -0.39 is 0 Å². The van der Waals surface area contributed by atoms with Crippen LogP contribution in [0, 0.1) is 17.1 Å². The smallest absolute Gasteiger partial charge is 0.201 e. The quantitative estimate of drug-likeness (QED) is 0.783. The summed E-state index contributed by atoms with van der Waals surface area (Å²) in [5.41, 5.74) is 8.44. The van der Waals surface area contributed by atoms with E-state index in [9.17, 15) is 4.39 Å². The van der Waals surface area contributed by atoms with Gasteiger partial charge in [0.2, 0.25) is 5.95 Å². The van der Waals surface area contributed by atoms with Crippen LogP contribution in [-0.4, -0.2) is 9.55 Å². The number of rotatable bonds is 2. The molecule has 0 saturated heterocycles. The summed E-state index contributed by atoms with van der Waals surface area (Å²) in [5, 5.41) is 9.02. The number of nitrogens with two attached hydrogens (primary N) is 1. The third kappa shape index (κ3) is 2.11. The van der Waals surface area contributed by atoms with E-state index in [0.717, 1.165) is 5.52 Å². The predicted molar refractivity (Wildman–Crippen MR) is 79.1 cm³/mol. The number of imidazole rings is 1. The van der Waals surface area contributed by atoms with E-state index in [0.29, 0.717) is 22.6 Å². The van der Waals surface area contributed by atoms with Crippen molar-refractivity contribution in [2.75, 3.05) is 5.73 Å². The molecule has 1 heterocycles. The van der Waals surface area contributed by atoms with Gasteiger partial charge in [0.25, 0.3) is 0 Å². The standard InChI is InChI=1S/C16H13FN4/c1-10(12-4-2-3-5-13(12)17)21-15-8-11(9-18)6-7-14(15)20-16(21)19/h2-8,10H,1H3,(H2,19,20). The molecule has 0 aliphatic carbocycles. The zero-order valence-corrected chi connectivity index (χ0v) is 11.4. The summed E-state index contributed by atoms with van der Waals surface area (Å²) in [6, 6.07) is 13.5. The lowest BCUT2D eigenvalue weighted by Crippen LogP contribution is -2.11. The first kappa shape index (κ1) is 13.1. The van der Waals surface area contributed by atoms with E-state index in [1.165, 1.54) is 6.07 Å². The molecule has 1 unspecified atom stereocenters. The molecule has 0 amide bonds. The van der Waals surface area contributed by atoms with Gasteiger partial charge in [-0.1, -0.05) is 18.2 Å². The van der Waals surface area contributed by atoms with Crippen molar-refractivity contribution in [3.05, 3.63) is 59.4 Å². The first-order valence-corrected chi connectivity index (χ1v) is 6.54. The number of halogens is 1. The molecule has 0 spiro atoms. The number of benzene rings is 2. The van der Waals surface area contributed by atoms with Crippen molar-refractivity contribution in [3.8, 4) is 6.07 Å². The van der Waals surface area contributed by atoms with Crippen LogP contribution in [0.25, 0.3) is 11.0 Å². The van der Waals surface area contributed by atoms with Crippen molar-refractivity contribution in [2.24, 2.45) is 0 Å². The van der Waals surface area contributed by atoms with Crippen molar-refractivity contribution >= 4 is 17.0 Å². The molecule has 21 heavy (non-hydrogen) atoms. The summed E-state index contributed by atoms with van der Waals surface area (Å²) in [7, 11) is 0. The molecule has 104 valence electrons. The zero-order chi connectivity index (χ0) is 15.0. The molecular weight excluding hydrogens is 267 g/mol. The van der Waals surface area contributed by atoms with Gasteiger partial charge in [-0.25, -0.2) is 9.37 Å². The Labute approximate surface area is 121 Å². The monoisotopic (exact) mass is 280 g/mol. The number of aromatic nitrogens is 2. The molecule has 3 rings (SSSR count). The summed E-state index contributed by atoms with van der Waals surface area (Å²) in [5.74, 6) is 0.0125. The molecule has 5 heteroatoms. The Hall–Kier alpha value is -2.87. The van der Waals surface area contributed by atoms with Crippen LogP contribution in [0.5, 0.6) is 0 Å². The Kier molecular flexibility index (Phi) is 3.07. The van der Waals surface area contributed by atoms with Gasteiger partial charge in [-0.15, -0.1) is 0 Å². The molecule has 3 aromatic rings. The molecule has 1 atom stereocenters. The Morgan fingerprint density at radius 2 is 2.05 bits per heavy atom. The maximum atomic E-state index is 14.0. The van der Waals surface area contributed by atoms with E-state index in [-0.39, 0.29) is 11.9 Å². The molecule has 0 saturated carbocycles. The third-order valence-corrected chi connectivity index (χ3v) is 3.59. The van der Waals surface area contributed by atoms with E-state index in [1.54, 1.807) is 41.0 Å². The van der Waals surface area contributed by atoms with Crippen LogP contribution < -0.4 is 5.73 Å². The highest BCUT2D eigenvalue weighted by molar-refractivity contribution is 5.80. The molecule has 4 nitrogen and oxygen atoms in total. The average molecular weight is 280 g/mol. The van der Waals surface area contributed by atoms with Crippen LogP contribution in [0.2, 0.25) is 0 Å². The van der Waals surface area contributed by atoms with Crippen LogP contribution in [0.1, 0.15) is 24.1 Å². The number of nitrogen functional groups attached to an aromatic ring is 1. The highest BCUT2D eigenvalue weighted by Gasteiger charge is 2.18. The van der Waals surface area contributed by atoms with Crippen molar-refractivity contribution in [1.82, 2.24) is 9.55 Å². The Balaban J connectivity index is 2.22. The second kappa shape index (κ2) is 4.91. The summed E-state index contributed by atoms with van der Waals surface area (Å²) >= 11 is 0. The molecule has 0 aliphatic heterocycles. The fourth-order valence-corrected chi connectivity index (χ4v) is 2.54. The third-order valence-electron chi connectivity index (χ3n) is 3.59. The lowest BCUT2D eigenvalue weighted by Gasteiger charge is -2.17. The zero-order valence-electron chi connectivity index (χ0n) is 11.4. The molecule has 0 fully saturated rings. The predicted octanol–water partition coefficient (Wildman–Crippen LogP) is 3.24. The summed E-state index contributed by atoms with van der Waals surface area (Å²) in [6.07, 6.45) is 0. The highest BCUT2D eigenvalue weighted by Crippen LogP contribution is 2.29. The maximum Gasteiger partial charge on any atom is 0.201 e. The van der Waals surface area contributed by atoms with E-state index in [2.05, 4.69) is 11.1 Å². The number of hydrogen-bond acceptors (Lipinski definition) is 3. The molecule has 0 aliphatic rings. The van der Waals surface area contributed by atoms with Gasteiger partial charge < -0.3 is 10.3 Å². The topological polar surface area (TPSA) is 67.6 Å². The van der Waals surface area contributed by atoms with Crippen molar-refractivity contribution < 1.29 is 4.39 Å². The van der Waals surface area contributed by atoms with Gasteiger partial charge in [0, 0.05) is 5.56 Å². The molecule has 0 radical (unpaired) electrons. The van der Waals surface area contributed by atoms with Crippen LogP contribution in [-0.2, 0) is 0 Å². The number of nitriles is 1. The molecule has 2 N–H and O–H groups in total. The fraction of sp³-hybridized carbons (Fsp3) is 0.125. The number of nitrogens with zero attached hydrogens (tertiary/aromatic N) is 3. The van der Waals surface area contributed by atoms with Crippen LogP contribution in [0.15, 0.2) is 42.5 Å². The fourth-order valence-electron chi connectivity index (χ4n) is 2.54. The van der Waals surface area contributed by atoms with Crippen molar-refractivity contribution in [3.63, 3.8) is 0 Å². The van der Waals surface area contributed by atoms with Gasteiger partial charge in [0.05, 0.1) is 28.7 Å². The Morgan fingerprint density at radius 1 is 1.29 bits per heavy atom. The molecule has 0 bridgehead atoms. The second-order valence-electron chi connectivity index (χ2n) is 4.85. The first-order chi connectivity index (χ1) is 10.1. The van der Waals surface area contributed by atoms with Crippen molar-refractivity contribution in [2.45, 2.75) is 13.0 Å². The van der Waals surface area contributed by atoms with Crippen LogP contribution >= 0.6 is 0 Å². The summed E-state index contributed by atoms with van der Waals surface area (Å²) in [4.78, 5) is 4.27. The minimum atomic E-state index is -0.315. The minimum absolute atomic E-state index is 0.289. The van der Waals surface area contributed by atoms with Gasteiger partial charge >= 0.3 is 0 Å². The van der Waals surface area contributed by atoms with Crippen LogP contribution in [0.4, 0.5) is 10.3 Å². The molecular formula is C16H13FN4. The largest absolute Gasteiger partial charge is 0.369 e. The Morgan fingerprint density at radius 3 is 2.76 bits per heavy atom. The molecule has 1 aromatic heterocycles. The van der Waals surface area contributed by atoms with Crippen LogP contribution in [0.3, 0.4) is 0 Å². The van der Waals surface area contributed by atoms with E-state index >= 15 is 0 Å². The number of anilines is 1. The lowest BCUT2D eigenvalue weighted by molar-refractivity contribution is 0.567. The number of fused-ring (bicyclic) bond motifs is 1. The summed E-state index contributed by atoms with van der Waals surface area (Å²) < 4.78 is 15.7. The first-order valence-electron chi connectivity index (χ1n) is 6.54. The highest BCUT2D eigenvalue weighted by atomic mass is 19.1. The normalized spacial score (nSPS) is 12.2. The van der Waals surface area contributed by atoms with Gasteiger partial charge in [0.15, 0.2) is 0 Å². The second-order valence-corrected chi connectivity index (χ2v) is 4.85. The molecule has 2 aromatic carbocycles. The SMILES string of the molecule is CC(c1ccccc1F)n1c(N)nc2ccc(C#N)cc21. The lowest BCUT2D eigenvalue weighted by atomic mass is 10.1. The number of hydrogen-bond donors (Lipinski definition) is 1. The minimum Gasteiger partial charge on any atom is -0.369 e. The van der Waals surface area contributed by atoms with Gasteiger partial charge in [-0.2, -0.15) is 5.26 Å². The summed E-state index contributed by atoms with van der Waals surface area (Å²) in [6.45, 7) is 1.86. The van der Waals surface area contributed by atoms with Gasteiger partial charge in [-0.3, -0.25) is 0 Å². The van der Waals surface area contributed by atoms with E-state index in [4.69, 9.17) is 11.0 Å². The average Bonchev–Trinajstić information content (AvgIpc) is 2.81. The Bertz CT molecular complexity index is 860. The van der Waals surface area contributed by atoms with Gasteiger partial charge in [0.1, 0.15) is 5.82 Å². The van der Waals surface area contributed by atoms with Crippen molar-refractivity contribution in [1.29, 1.82) is 5.26 Å². The van der Waals surface area contributed by atoms with E-state index in [1.807, 2.05) is 6.92 Å².